The summed E-state index contributed by atoms with van der Waals surface area (Å²) in [6.45, 7) is 1.51. The van der Waals surface area contributed by atoms with Crippen molar-refractivity contribution in [3.05, 3.63) is 52.3 Å². The van der Waals surface area contributed by atoms with E-state index in [9.17, 15) is 8.78 Å². The van der Waals surface area contributed by atoms with Crippen LogP contribution in [0.4, 0.5) is 8.78 Å². The van der Waals surface area contributed by atoms with Gasteiger partial charge < -0.3 is 0 Å². The van der Waals surface area contributed by atoms with Crippen LogP contribution < -0.4 is 0 Å². The fourth-order valence-corrected chi connectivity index (χ4v) is 5.28. The summed E-state index contributed by atoms with van der Waals surface area (Å²) in [5, 5.41) is 9.79. The minimum Gasteiger partial charge on any atom is -0.295 e. The highest BCUT2D eigenvalue weighted by Crippen LogP contribution is 2.40. The highest BCUT2D eigenvalue weighted by Gasteiger charge is 2.36. The van der Waals surface area contributed by atoms with E-state index in [-0.39, 0.29) is 11.8 Å². The Labute approximate surface area is 179 Å². The Morgan fingerprint density at radius 3 is 2.67 bits per heavy atom. The molecule has 0 saturated heterocycles. The Morgan fingerprint density at radius 1 is 1.10 bits per heavy atom. The van der Waals surface area contributed by atoms with Gasteiger partial charge in [0.15, 0.2) is 5.82 Å². The van der Waals surface area contributed by atoms with E-state index in [1.165, 1.54) is 0 Å². The summed E-state index contributed by atoms with van der Waals surface area (Å²) in [7, 11) is 2.06. The molecule has 1 fully saturated rings. The summed E-state index contributed by atoms with van der Waals surface area (Å²) >= 11 is 6.25. The number of alkyl halides is 1. The first kappa shape index (κ1) is 19.8. The Morgan fingerprint density at radius 2 is 1.90 bits per heavy atom. The van der Waals surface area contributed by atoms with Crippen molar-refractivity contribution in [3.8, 4) is 5.69 Å². The van der Waals surface area contributed by atoms with E-state index in [2.05, 4.69) is 31.7 Å². The number of aromatic nitrogens is 3. The Balaban J connectivity index is 1.39. The molecule has 8 heteroatoms. The van der Waals surface area contributed by atoms with Crippen LogP contribution in [0.2, 0.25) is 5.02 Å². The highest BCUT2D eigenvalue weighted by molar-refractivity contribution is 6.30. The van der Waals surface area contributed by atoms with Crippen LogP contribution in [-0.4, -0.2) is 45.1 Å². The maximum atomic E-state index is 14.3. The van der Waals surface area contributed by atoms with Gasteiger partial charge >= 0.3 is 0 Å². The second kappa shape index (κ2) is 7.85. The van der Waals surface area contributed by atoms with E-state index in [4.69, 9.17) is 11.6 Å². The normalized spacial score (nSPS) is 29.1. The standard InChI is InChI=1S/C22H24ClF2N5/c1-29-11-15-8-16(23)6-7-19(15)30-20(12-29)27-28-22(30)14-4-2-13(3-5-14)21-18(25)9-17(24)10-26-21/h6-10,13-14,18,21H,2-5,11-12H2,1H3/t13-,14-,18?,21?. The van der Waals surface area contributed by atoms with Crippen LogP contribution in [0, 0.1) is 5.92 Å². The van der Waals surface area contributed by atoms with Crippen LogP contribution >= 0.6 is 11.6 Å². The van der Waals surface area contributed by atoms with E-state index in [1.54, 1.807) is 0 Å². The van der Waals surface area contributed by atoms with Gasteiger partial charge in [-0.25, -0.2) is 8.78 Å². The monoisotopic (exact) mass is 431 g/mol. The Kier molecular flexibility index (Phi) is 5.19. The lowest BCUT2D eigenvalue weighted by Crippen LogP contribution is -2.33. The maximum Gasteiger partial charge on any atom is 0.151 e. The first-order chi connectivity index (χ1) is 14.5. The molecule has 1 aliphatic carbocycles. The zero-order valence-corrected chi connectivity index (χ0v) is 17.6. The van der Waals surface area contributed by atoms with E-state index in [1.807, 2.05) is 18.2 Å². The molecule has 0 N–H and O–H groups in total. The summed E-state index contributed by atoms with van der Waals surface area (Å²) in [5.41, 5.74) is 2.24. The van der Waals surface area contributed by atoms with Crippen molar-refractivity contribution in [3.63, 3.8) is 0 Å². The topological polar surface area (TPSA) is 46.3 Å². The van der Waals surface area contributed by atoms with Gasteiger partial charge in [-0.05, 0) is 68.5 Å². The quantitative estimate of drug-likeness (QED) is 0.687. The maximum absolute atomic E-state index is 14.3. The Hall–Kier alpha value is -2.12. The summed E-state index contributed by atoms with van der Waals surface area (Å²) < 4.78 is 29.7. The van der Waals surface area contributed by atoms with E-state index < -0.39 is 18.0 Å². The van der Waals surface area contributed by atoms with Gasteiger partial charge in [0.2, 0.25) is 0 Å². The molecule has 1 aromatic carbocycles. The average Bonchev–Trinajstić information content (AvgIpc) is 3.05. The number of hydrogen-bond acceptors (Lipinski definition) is 4. The largest absolute Gasteiger partial charge is 0.295 e. The number of fused-ring (bicyclic) bond motifs is 3. The van der Waals surface area contributed by atoms with Crippen LogP contribution in [0.25, 0.3) is 5.69 Å². The number of rotatable bonds is 2. The minimum absolute atomic E-state index is 0.126. The molecule has 1 aromatic heterocycles. The third-order valence-corrected chi connectivity index (χ3v) is 6.76. The van der Waals surface area contributed by atoms with E-state index in [0.29, 0.717) is 6.54 Å². The van der Waals surface area contributed by atoms with Crippen LogP contribution in [0.15, 0.2) is 35.1 Å². The van der Waals surface area contributed by atoms with Gasteiger partial charge in [0.05, 0.1) is 24.5 Å². The molecule has 0 bridgehead atoms. The van der Waals surface area contributed by atoms with Crippen LogP contribution in [0.1, 0.15) is 48.8 Å². The lowest BCUT2D eigenvalue weighted by molar-refractivity contribution is 0.210. The molecule has 2 unspecified atom stereocenters. The summed E-state index contributed by atoms with van der Waals surface area (Å²) in [4.78, 5) is 6.34. The molecule has 0 amide bonds. The summed E-state index contributed by atoms with van der Waals surface area (Å²) in [6.07, 6.45) is 4.34. The molecule has 2 aliphatic heterocycles. The smallest absolute Gasteiger partial charge is 0.151 e. The predicted molar refractivity (Wildman–Crippen MR) is 113 cm³/mol. The summed E-state index contributed by atoms with van der Waals surface area (Å²) in [5.74, 6) is 1.70. The first-order valence-corrected chi connectivity index (χ1v) is 10.8. The van der Waals surface area contributed by atoms with Crippen LogP contribution in [0.5, 0.6) is 0 Å². The molecule has 1 saturated carbocycles. The minimum atomic E-state index is -1.34. The molecule has 0 spiro atoms. The zero-order valence-electron chi connectivity index (χ0n) is 16.8. The number of hydrogen-bond donors (Lipinski definition) is 0. The van der Waals surface area contributed by atoms with Crippen molar-refractivity contribution in [2.45, 2.75) is 56.9 Å². The zero-order chi connectivity index (χ0) is 20.8. The number of nitrogens with zero attached hydrogens (tertiary/aromatic N) is 5. The summed E-state index contributed by atoms with van der Waals surface area (Å²) in [6, 6.07) is 5.49. The first-order valence-electron chi connectivity index (χ1n) is 10.5. The number of allylic oxidation sites excluding steroid dienone is 1. The molecule has 5 nitrogen and oxygen atoms in total. The highest BCUT2D eigenvalue weighted by atomic mass is 35.5. The average molecular weight is 432 g/mol. The molecule has 5 rings (SSSR count). The van der Waals surface area contributed by atoms with Crippen molar-refractivity contribution >= 4 is 17.8 Å². The van der Waals surface area contributed by atoms with Gasteiger partial charge in [-0.2, -0.15) is 0 Å². The molecule has 3 heterocycles. The second-order valence-electron chi connectivity index (χ2n) is 8.63. The fourth-order valence-electron chi connectivity index (χ4n) is 5.08. The van der Waals surface area contributed by atoms with E-state index in [0.717, 1.165) is 72.4 Å². The molecular formula is C22H24ClF2N5. The van der Waals surface area contributed by atoms with Crippen molar-refractivity contribution in [2.24, 2.45) is 10.9 Å². The number of aliphatic imine (C=N–C) groups is 1. The van der Waals surface area contributed by atoms with Crippen molar-refractivity contribution < 1.29 is 8.78 Å². The van der Waals surface area contributed by atoms with Gasteiger partial charge in [0, 0.05) is 17.5 Å². The van der Waals surface area contributed by atoms with Gasteiger partial charge in [0.1, 0.15) is 17.8 Å². The van der Waals surface area contributed by atoms with Crippen LogP contribution in [-0.2, 0) is 13.1 Å². The molecule has 30 heavy (non-hydrogen) atoms. The predicted octanol–water partition coefficient (Wildman–Crippen LogP) is 4.78. The Bertz CT molecular complexity index is 1010. The molecule has 3 aliphatic rings. The van der Waals surface area contributed by atoms with Gasteiger partial charge in [-0.15, -0.1) is 10.2 Å². The number of halogens is 3. The molecule has 2 aromatic rings. The van der Waals surface area contributed by atoms with Crippen molar-refractivity contribution in [1.29, 1.82) is 0 Å². The van der Waals surface area contributed by atoms with Gasteiger partial charge in [-0.1, -0.05) is 11.6 Å². The fraction of sp³-hybridized carbons (Fsp3) is 0.500. The molecule has 0 radical (unpaired) electrons. The number of dihydropyridines is 1. The third-order valence-electron chi connectivity index (χ3n) is 6.52. The number of benzene rings is 1. The van der Waals surface area contributed by atoms with Crippen LogP contribution in [0.3, 0.4) is 0 Å². The van der Waals surface area contributed by atoms with Crippen molar-refractivity contribution in [1.82, 2.24) is 19.7 Å². The van der Waals surface area contributed by atoms with Gasteiger partial charge in [0.25, 0.3) is 0 Å². The lowest BCUT2D eigenvalue weighted by Gasteiger charge is -2.33. The molecular weight excluding hydrogens is 408 g/mol. The lowest BCUT2D eigenvalue weighted by atomic mass is 9.76. The second-order valence-corrected chi connectivity index (χ2v) is 9.07. The third kappa shape index (κ3) is 3.58. The van der Waals surface area contributed by atoms with E-state index >= 15 is 0 Å². The van der Waals surface area contributed by atoms with Crippen molar-refractivity contribution in [2.75, 3.05) is 7.05 Å². The van der Waals surface area contributed by atoms with Gasteiger partial charge in [-0.3, -0.25) is 14.5 Å². The molecule has 158 valence electrons. The SMILES string of the molecule is CN1Cc2cc(Cl)ccc2-n2c(nnc2[C@H]2CC[C@H](C3N=CC(F)=CC3F)CC2)C1. The molecule has 2 atom stereocenters.